The van der Waals surface area contributed by atoms with Gasteiger partial charge >= 0.3 is 0 Å². The number of rotatable bonds is 7. The third-order valence-corrected chi connectivity index (χ3v) is 2.65. The lowest BCUT2D eigenvalue weighted by molar-refractivity contribution is 0.151. The van der Waals surface area contributed by atoms with Gasteiger partial charge in [0.05, 0.1) is 0 Å². The molecule has 1 aromatic carbocycles. The molecule has 17 heavy (non-hydrogen) atoms. The molecule has 0 radical (unpaired) electrons. The summed E-state index contributed by atoms with van der Waals surface area (Å²) in [4.78, 5) is 2.19. The Morgan fingerprint density at radius 3 is 2.41 bits per heavy atom. The molecule has 0 atom stereocenters. The van der Waals surface area contributed by atoms with E-state index in [9.17, 15) is 8.78 Å². The molecule has 1 rings (SSSR count). The van der Waals surface area contributed by atoms with Crippen LogP contribution in [-0.4, -0.2) is 32.1 Å². The van der Waals surface area contributed by atoms with Gasteiger partial charge in [0.2, 0.25) is 0 Å². The average Bonchev–Trinajstić information content (AvgIpc) is 2.30. The minimum Gasteiger partial charge on any atom is -0.320 e. The lowest BCUT2D eigenvalue weighted by Gasteiger charge is -2.16. The normalized spacial score (nSPS) is 11.4. The van der Waals surface area contributed by atoms with E-state index in [1.165, 1.54) is 12.1 Å². The fourth-order valence-electron chi connectivity index (χ4n) is 1.69. The van der Waals surface area contributed by atoms with Crippen LogP contribution in [0.4, 0.5) is 8.78 Å². The highest BCUT2D eigenvalue weighted by atomic mass is 19.3. The van der Waals surface area contributed by atoms with E-state index in [2.05, 4.69) is 10.2 Å². The maximum atomic E-state index is 12.3. The van der Waals surface area contributed by atoms with Gasteiger partial charge in [0.25, 0.3) is 6.43 Å². The van der Waals surface area contributed by atoms with Gasteiger partial charge in [-0.05, 0) is 39.2 Å². The summed E-state index contributed by atoms with van der Waals surface area (Å²) < 4.78 is 24.7. The molecule has 0 bridgehead atoms. The lowest BCUT2D eigenvalue weighted by Crippen LogP contribution is -2.22. The molecule has 0 aliphatic heterocycles. The number of nitrogens with one attached hydrogen (secondary N) is 1. The van der Waals surface area contributed by atoms with E-state index in [-0.39, 0.29) is 5.56 Å². The van der Waals surface area contributed by atoms with Crippen LogP contribution in [0.1, 0.15) is 24.0 Å². The molecule has 0 aromatic heterocycles. The monoisotopic (exact) mass is 242 g/mol. The Morgan fingerprint density at radius 2 is 1.88 bits per heavy atom. The van der Waals surface area contributed by atoms with Gasteiger partial charge in [-0.15, -0.1) is 0 Å². The van der Waals surface area contributed by atoms with Crippen molar-refractivity contribution in [3.63, 3.8) is 0 Å². The molecule has 2 nitrogen and oxygen atoms in total. The first-order valence-electron chi connectivity index (χ1n) is 5.83. The van der Waals surface area contributed by atoms with Crippen LogP contribution in [0.3, 0.4) is 0 Å². The van der Waals surface area contributed by atoms with Crippen molar-refractivity contribution in [3.8, 4) is 0 Å². The number of hydrogen-bond donors (Lipinski definition) is 1. The van der Waals surface area contributed by atoms with Crippen molar-refractivity contribution in [1.82, 2.24) is 10.2 Å². The number of nitrogens with zero attached hydrogens (tertiary/aromatic N) is 1. The summed E-state index contributed by atoms with van der Waals surface area (Å²) in [6.07, 6.45) is -1.29. The molecule has 0 saturated heterocycles. The molecule has 0 fully saturated rings. The Balaban J connectivity index is 2.40. The highest BCUT2D eigenvalue weighted by Gasteiger charge is 2.06. The first kappa shape index (κ1) is 14.1. The van der Waals surface area contributed by atoms with Crippen molar-refractivity contribution in [3.05, 3.63) is 35.4 Å². The predicted molar refractivity (Wildman–Crippen MR) is 66.3 cm³/mol. The second-order valence-corrected chi connectivity index (χ2v) is 4.24. The largest absolute Gasteiger partial charge is 0.320 e. The summed E-state index contributed by atoms with van der Waals surface area (Å²) in [5.74, 6) is 0. The minimum atomic E-state index is -2.38. The van der Waals surface area contributed by atoms with Gasteiger partial charge in [-0.2, -0.15) is 0 Å². The van der Waals surface area contributed by atoms with Crippen molar-refractivity contribution in [1.29, 1.82) is 0 Å². The standard InChI is InChI=1S/C13H20F2N2/c1-16-8-3-9-17(2)10-11-4-6-12(7-5-11)13(14)15/h4-7,13,16H,3,8-10H2,1-2H3. The van der Waals surface area contributed by atoms with E-state index < -0.39 is 6.43 Å². The average molecular weight is 242 g/mol. The highest BCUT2D eigenvalue weighted by Crippen LogP contribution is 2.19. The highest BCUT2D eigenvalue weighted by molar-refractivity contribution is 5.23. The van der Waals surface area contributed by atoms with E-state index in [1.54, 1.807) is 12.1 Å². The zero-order chi connectivity index (χ0) is 12.7. The zero-order valence-electron chi connectivity index (χ0n) is 10.4. The molecule has 0 amide bonds. The molecule has 4 heteroatoms. The van der Waals surface area contributed by atoms with E-state index in [4.69, 9.17) is 0 Å². The first-order chi connectivity index (χ1) is 8.13. The van der Waals surface area contributed by atoms with Crippen LogP contribution in [0, 0.1) is 0 Å². The van der Waals surface area contributed by atoms with Crippen molar-refractivity contribution < 1.29 is 8.78 Å². The second kappa shape index (κ2) is 7.35. The van der Waals surface area contributed by atoms with Crippen molar-refractivity contribution in [2.45, 2.75) is 19.4 Å². The molecule has 0 unspecified atom stereocenters. The topological polar surface area (TPSA) is 15.3 Å². The van der Waals surface area contributed by atoms with Gasteiger partial charge in [0.15, 0.2) is 0 Å². The molecule has 0 aliphatic rings. The van der Waals surface area contributed by atoms with Gasteiger partial charge in [-0.1, -0.05) is 24.3 Å². The molecule has 1 aromatic rings. The lowest BCUT2D eigenvalue weighted by atomic mass is 10.1. The summed E-state index contributed by atoms with van der Waals surface area (Å²) in [6.45, 7) is 2.79. The molecule has 1 N–H and O–H groups in total. The van der Waals surface area contributed by atoms with Gasteiger partial charge < -0.3 is 10.2 Å². The molecular weight excluding hydrogens is 222 g/mol. The SMILES string of the molecule is CNCCCN(C)Cc1ccc(C(F)F)cc1. The van der Waals surface area contributed by atoms with Gasteiger partial charge in [-0.3, -0.25) is 0 Å². The summed E-state index contributed by atoms with van der Waals surface area (Å²) in [5, 5.41) is 3.10. The summed E-state index contributed by atoms with van der Waals surface area (Å²) in [6, 6.07) is 6.55. The third kappa shape index (κ3) is 5.24. The van der Waals surface area contributed by atoms with Crippen LogP contribution < -0.4 is 5.32 Å². The quantitative estimate of drug-likeness (QED) is 0.739. The Bertz CT molecular complexity index is 312. The fraction of sp³-hybridized carbons (Fsp3) is 0.538. The Kier molecular flexibility index (Phi) is 6.08. The Hall–Kier alpha value is -1.00. The number of hydrogen-bond acceptors (Lipinski definition) is 2. The van der Waals surface area contributed by atoms with Gasteiger partial charge in [-0.25, -0.2) is 8.78 Å². The van der Waals surface area contributed by atoms with Crippen molar-refractivity contribution >= 4 is 0 Å². The van der Waals surface area contributed by atoms with E-state index >= 15 is 0 Å². The number of alkyl halides is 2. The zero-order valence-corrected chi connectivity index (χ0v) is 10.4. The first-order valence-corrected chi connectivity index (χ1v) is 5.83. The predicted octanol–water partition coefficient (Wildman–Crippen LogP) is 2.67. The van der Waals surface area contributed by atoms with E-state index in [0.29, 0.717) is 0 Å². The van der Waals surface area contributed by atoms with Crippen LogP contribution >= 0.6 is 0 Å². The minimum absolute atomic E-state index is 0.0894. The number of benzene rings is 1. The van der Waals surface area contributed by atoms with Crippen LogP contribution in [0.15, 0.2) is 24.3 Å². The van der Waals surface area contributed by atoms with Crippen LogP contribution in [0.2, 0.25) is 0 Å². The Labute approximate surface area is 102 Å². The molecule has 0 spiro atoms. The maximum absolute atomic E-state index is 12.3. The molecule has 0 heterocycles. The smallest absolute Gasteiger partial charge is 0.263 e. The van der Waals surface area contributed by atoms with Crippen LogP contribution in [-0.2, 0) is 6.54 Å². The van der Waals surface area contributed by atoms with E-state index in [1.807, 2.05) is 14.1 Å². The van der Waals surface area contributed by atoms with Gasteiger partial charge in [0, 0.05) is 12.1 Å². The maximum Gasteiger partial charge on any atom is 0.263 e. The molecule has 0 aliphatic carbocycles. The van der Waals surface area contributed by atoms with Crippen LogP contribution in [0.25, 0.3) is 0 Å². The van der Waals surface area contributed by atoms with Crippen molar-refractivity contribution in [2.24, 2.45) is 0 Å². The van der Waals surface area contributed by atoms with Gasteiger partial charge in [0.1, 0.15) is 0 Å². The van der Waals surface area contributed by atoms with Crippen LogP contribution in [0.5, 0.6) is 0 Å². The third-order valence-electron chi connectivity index (χ3n) is 2.65. The van der Waals surface area contributed by atoms with Crippen molar-refractivity contribution in [2.75, 3.05) is 27.2 Å². The fourth-order valence-corrected chi connectivity index (χ4v) is 1.69. The Morgan fingerprint density at radius 1 is 1.24 bits per heavy atom. The molecule has 96 valence electrons. The summed E-state index contributed by atoms with van der Waals surface area (Å²) in [7, 11) is 3.97. The molecule has 0 saturated carbocycles. The number of halogens is 2. The summed E-state index contributed by atoms with van der Waals surface area (Å²) in [5.41, 5.74) is 1.16. The summed E-state index contributed by atoms with van der Waals surface area (Å²) >= 11 is 0. The van der Waals surface area contributed by atoms with E-state index in [0.717, 1.165) is 31.6 Å². The molecular formula is C13H20F2N2. The second-order valence-electron chi connectivity index (χ2n) is 4.24.